The SMILES string of the molecule is Cc1ccnc(OC[C@H]2CN(C(=O)c3occc3C)Cc3cncn32)n1. The highest BCUT2D eigenvalue weighted by Gasteiger charge is 2.31. The molecule has 0 fully saturated rings. The van der Waals surface area contributed by atoms with E-state index in [1.54, 1.807) is 29.7 Å². The first kappa shape index (κ1) is 16.3. The van der Waals surface area contributed by atoms with Crippen molar-refractivity contribution in [2.45, 2.75) is 26.4 Å². The molecule has 1 aliphatic heterocycles. The van der Waals surface area contributed by atoms with Crippen molar-refractivity contribution < 1.29 is 13.9 Å². The van der Waals surface area contributed by atoms with Gasteiger partial charge < -0.3 is 18.6 Å². The van der Waals surface area contributed by atoms with Crippen LogP contribution in [0.5, 0.6) is 6.01 Å². The molecule has 0 unspecified atom stereocenters. The van der Waals surface area contributed by atoms with Gasteiger partial charge in [0.15, 0.2) is 5.76 Å². The smallest absolute Gasteiger partial charge is 0.316 e. The van der Waals surface area contributed by atoms with Crippen LogP contribution in [-0.4, -0.2) is 43.5 Å². The van der Waals surface area contributed by atoms with Gasteiger partial charge in [-0.3, -0.25) is 4.79 Å². The maximum absolute atomic E-state index is 12.8. The summed E-state index contributed by atoms with van der Waals surface area (Å²) in [6.07, 6.45) is 6.73. The zero-order valence-electron chi connectivity index (χ0n) is 14.6. The molecule has 3 aromatic heterocycles. The summed E-state index contributed by atoms with van der Waals surface area (Å²) in [5.74, 6) is 0.247. The molecular weight excluding hydrogens is 334 g/mol. The molecule has 0 saturated carbocycles. The molecule has 1 aliphatic rings. The lowest BCUT2D eigenvalue weighted by molar-refractivity contribution is 0.0611. The molecule has 0 bridgehead atoms. The molecule has 0 N–H and O–H groups in total. The first-order valence-electron chi connectivity index (χ1n) is 8.38. The van der Waals surface area contributed by atoms with Gasteiger partial charge in [-0.2, -0.15) is 0 Å². The Kier molecular flexibility index (Phi) is 4.16. The Balaban J connectivity index is 1.53. The molecule has 8 nitrogen and oxygen atoms in total. The summed E-state index contributed by atoms with van der Waals surface area (Å²) in [5, 5.41) is 0. The Labute approximate surface area is 150 Å². The van der Waals surface area contributed by atoms with E-state index in [-0.39, 0.29) is 11.9 Å². The van der Waals surface area contributed by atoms with Gasteiger partial charge in [0.25, 0.3) is 5.91 Å². The lowest BCUT2D eigenvalue weighted by Gasteiger charge is -2.33. The van der Waals surface area contributed by atoms with Gasteiger partial charge in [0.05, 0.1) is 30.9 Å². The van der Waals surface area contributed by atoms with Crippen molar-refractivity contribution >= 4 is 5.91 Å². The molecule has 0 radical (unpaired) electrons. The second-order valence-electron chi connectivity index (χ2n) is 6.36. The minimum Gasteiger partial charge on any atom is -0.461 e. The van der Waals surface area contributed by atoms with Gasteiger partial charge in [-0.05, 0) is 26.0 Å². The van der Waals surface area contributed by atoms with Crippen molar-refractivity contribution in [3.8, 4) is 6.01 Å². The van der Waals surface area contributed by atoms with E-state index in [0.29, 0.717) is 31.5 Å². The molecule has 0 saturated heterocycles. The molecule has 4 rings (SSSR count). The average Bonchev–Trinajstić information content (AvgIpc) is 3.27. The van der Waals surface area contributed by atoms with Crippen LogP contribution in [0.25, 0.3) is 0 Å². The number of aromatic nitrogens is 4. The second-order valence-corrected chi connectivity index (χ2v) is 6.36. The number of hydrogen-bond acceptors (Lipinski definition) is 6. The summed E-state index contributed by atoms with van der Waals surface area (Å²) in [6.45, 7) is 5.06. The second kappa shape index (κ2) is 6.62. The third-order valence-electron chi connectivity index (χ3n) is 4.44. The molecule has 0 aromatic carbocycles. The first-order valence-corrected chi connectivity index (χ1v) is 8.38. The highest BCUT2D eigenvalue weighted by Crippen LogP contribution is 2.24. The monoisotopic (exact) mass is 353 g/mol. The summed E-state index contributed by atoms with van der Waals surface area (Å²) >= 11 is 0. The number of aryl methyl sites for hydroxylation is 2. The van der Waals surface area contributed by atoms with Crippen LogP contribution >= 0.6 is 0 Å². The zero-order valence-corrected chi connectivity index (χ0v) is 14.6. The lowest BCUT2D eigenvalue weighted by atomic mass is 10.1. The predicted molar refractivity (Wildman–Crippen MR) is 91.7 cm³/mol. The Bertz CT molecular complexity index is 932. The third-order valence-corrected chi connectivity index (χ3v) is 4.44. The summed E-state index contributed by atoms with van der Waals surface area (Å²) in [7, 11) is 0. The maximum atomic E-state index is 12.8. The largest absolute Gasteiger partial charge is 0.461 e. The van der Waals surface area contributed by atoms with Crippen molar-refractivity contribution in [2.75, 3.05) is 13.2 Å². The van der Waals surface area contributed by atoms with Crippen molar-refractivity contribution in [2.24, 2.45) is 0 Å². The molecular formula is C18H19N5O3. The Hall–Kier alpha value is -3.16. The maximum Gasteiger partial charge on any atom is 0.316 e. The Morgan fingerprint density at radius 3 is 3.04 bits per heavy atom. The Morgan fingerprint density at radius 1 is 1.38 bits per heavy atom. The van der Waals surface area contributed by atoms with Gasteiger partial charge in [0, 0.05) is 30.2 Å². The molecule has 0 spiro atoms. The van der Waals surface area contributed by atoms with Gasteiger partial charge in [0.2, 0.25) is 0 Å². The lowest BCUT2D eigenvalue weighted by Crippen LogP contribution is -2.42. The number of fused-ring (bicyclic) bond motifs is 1. The normalized spacial score (nSPS) is 16.4. The quantitative estimate of drug-likeness (QED) is 0.714. The molecule has 0 aliphatic carbocycles. The highest BCUT2D eigenvalue weighted by atomic mass is 16.5. The van der Waals surface area contributed by atoms with Crippen LogP contribution in [0.15, 0.2) is 41.5 Å². The van der Waals surface area contributed by atoms with Crippen molar-refractivity contribution in [3.05, 3.63) is 59.8 Å². The molecule has 3 aromatic rings. The van der Waals surface area contributed by atoms with Crippen LogP contribution < -0.4 is 4.74 Å². The molecule has 4 heterocycles. The van der Waals surface area contributed by atoms with Crippen molar-refractivity contribution in [3.63, 3.8) is 0 Å². The number of rotatable bonds is 4. The van der Waals surface area contributed by atoms with Gasteiger partial charge in [-0.1, -0.05) is 0 Å². The van der Waals surface area contributed by atoms with E-state index < -0.39 is 0 Å². The number of nitrogens with zero attached hydrogens (tertiary/aromatic N) is 5. The van der Waals surface area contributed by atoms with E-state index in [1.807, 2.05) is 24.5 Å². The number of furan rings is 1. The average molecular weight is 353 g/mol. The van der Waals surface area contributed by atoms with Crippen LogP contribution in [0, 0.1) is 13.8 Å². The number of carbonyl (C=O) groups is 1. The first-order chi connectivity index (χ1) is 12.6. The summed E-state index contributed by atoms with van der Waals surface area (Å²) in [5.41, 5.74) is 2.62. The van der Waals surface area contributed by atoms with Crippen LogP contribution in [0.2, 0.25) is 0 Å². The highest BCUT2D eigenvalue weighted by molar-refractivity contribution is 5.92. The number of carbonyl (C=O) groups excluding carboxylic acids is 1. The topological polar surface area (TPSA) is 86.3 Å². The standard InChI is InChI=1S/C18H19N5O3/c1-12-4-6-25-16(12)17(24)22-8-14-7-19-11-23(14)15(9-22)10-26-18-20-5-3-13(2)21-18/h3-7,11,15H,8-10H2,1-2H3/t15-/m1/s1. The fourth-order valence-corrected chi connectivity index (χ4v) is 3.08. The molecule has 134 valence electrons. The molecule has 1 atom stereocenters. The third kappa shape index (κ3) is 3.05. The number of amides is 1. The van der Waals surface area contributed by atoms with Gasteiger partial charge in [-0.25, -0.2) is 15.0 Å². The fourth-order valence-electron chi connectivity index (χ4n) is 3.08. The van der Waals surface area contributed by atoms with E-state index in [2.05, 4.69) is 15.0 Å². The molecule has 26 heavy (non-hydrogen) atoms. The molecule has 1 amide bonds. The summed E-state index contributed by atoms with van der Waals surface area (Å²) in [4.78, 5) is 27.2. The number of hydrogen-bond donors (Lipinski definition) is 0. The summed E-state index contributed by atoms with van der Waals surface area (Å²) < 4.78 is 13.2. The minimum absolute atomic E-state index is 0.0791. The van der Waals surface area contributed by atoms with E-state index in [9.17, 15) is 4.79 Å². The Morgan fingerprint density at radius 2 is 2.27 bits per heavy atom. The van der Waals surface area contributed by atoms with Crippen LogP contribution in [-0.2, 0) is 6.54 Å². The predicted octanol–water partition coefficient (Wildman–Crippen LogP) is 2.16. The molecule has 8 heteroatoms. The van der Waals surface area contributed by atoms with E-state index >= 15 is 0 Å². The van der Waals surface area contributed by atoms with E-state index in [4.69, 9.17) is 9.15 Å². The van der Waals surface area contributed by atoms with Gasteiger partial charge >= 0.3 is 6.01 Å². The number of imidazole rings is 1. The van der Waals surface area contributed by atoms with E-state index in [0.717, 1.165) is 17.0 Å². The number of ether oxygens (including phenoxy) is 1. The van der Waals surface area contributed by atoms with Gasteiger partial charge in [-0.15, -0.1) is 0 Å². The summed E-state index contributed by atoms with van der Waals surface area (Å²) in [6, 6.07) is 3.85. The van der Waals surface area contributed by atoms with Gasteiger partial charge in [0.1, 0.15) is 6.61 Å². The van der Waals surface area contributed by atoms with Crippen LogP contribution in [0.1, 0.15) is 33.5 Å². The zero-order chi connectivity index (χ0) is 18.1. The van der Waals surface area contributed by atoms with Crippen LogP contribution in [0.4, 0.5) is 0 Å². The van der Waals surface area contributed by atoms with Crippen molar-refractivity contribution in [1.29, 1.82) is 0 Å². The minimum atomic E-state index is -0.128. The fraction of sp³-hybridized carbons (Fsp3) is 0.333. The van der Waals surface area contributed by atoms with Crippen LogP contribution in [0.3, 0.4) is 0 Å². The van der Waals surface area contributed by atoms with Crippen molar-refractivity contribution in [1.82, 2.24) is 24.4 Å². The van der Waals surface area contributed by atoms with E-state index in [1.165, 1.54) is 6.26 Å².